The van der Waals surface area contributed by atoms with Gasteiger partial charge >= 0.3 is 0 Å². The highest BCUT2D eigenvalue weighted by molar-refractivity contribution is 9.10. The van der Waals surface area contributed by atoms with Crippen molar-refractivity contribution in [2.45, 2.75) is 26.2 Å². The van der Waals surface area contributed by atoms with Gasteiger partial charge in [-0.1, -0.05) is 53.2 Å². The topological polar surface area (TPSA) is 15.8 Å². The van der Waals surface area contributed by atoms with Crippen LogP contribution in [-0.2, 0) is 6.42 Å². The van der Waals surface area contributed by atoms with Crippen LogP contribution in [0.25, 0.3) is 10.9 Å². The monoisotopic (exact) mass is 409 g/mol. The first-order valence-corrected chi connectivity index (χ1v) is 10.2. The smallest absolute Gasteiger partial charge is 0.0459 e. The molecule has 0 bridgehead atoms. The first kappa shape index (κ1) is 16.6. The minimum atomic E-state index is 0.249. The van der Waals surface area contributed by atoms with Gasteiger partial charge in [0.15, 0.2) is 0 Å². The molecule has 0 saturated heterocycles. The lowest BCUT2D eigenvalue weighted by Gasteiger charge is -2.18. The van der Waals surface area contributed by atoms with Crippen LogP contribution in [0, 0.1) is 6.92 Å². The molecule has 2 heterocycles. The van der Waals surface area contributed by atoms with Crippen molar-refractivity contribution in [2.75, 3.05) is 0 Å². The molecule has 1 atom stereocenters. The number of H-pyrrole nitrogens is 1. The third-order valence-electron chi connectivity index (χ3n) is 4.73. The number of aromatic nitrogens is 1. The van der Waals surface area contributed by atoms with Crippen LogP contribution in [0.3, 0.4) is 0 Å². The summed E-state index contributed by atoms with van der Waals surface area (Å²) in [6.07, 6.45) is 1.09. The SMILES string of the molecule is CCc1ccc([C@@H](c2cccc(Br)c2)c2c(C)[nH]c3ccccc23)s1. The van der Waals surface area contributed by atoms with E-state index in [9.17, 15) is 0 Å². The summed E-state index contributed by atoms with van der Waals surface area (Å²) in [4.78, 5) is 6.42. The van der Waals surface area contributed by atoms with Gasteiger partial charge < -0.3 is 4.98 Å². The Kier molecular flexibility index (Phi) is 4.53. The van der Waals surface area contributed by atoms with Gasteiger partial charge in [-0.2, -0.15) is 0 Å². The van der Waals surface area contributed by atoms with Gasteiger partial charge in [-0.15, -0.1) is 11.3 Å². The van der Waals surface area contributed by atoms with Gasteiger partial charge in [0.1, 0.15) is 0 Å². The molecule has 0 amide bonds. The lowest BCUT2D eigenvalue weighted by Crippen LogP contribution is -2.02. The Morgan fingerprint density at radius 2 is 1.88 bits per heavy atom. The maximum atomic E-state index is 3.65. The van der Waals surface area contributed by atoms with Gasteiger partial charge in [-0.25, -0.2) is 0 Å². The van der Waals surface area contributed by atoms with E-state index in [-0.39, 0.29) is 5.92 Å². The number of aryl methyl sites for hydroxylation is 2. The molecule has 0 saturated carbocycles. The highest BCUT2D eigenvalue weighted by Gasteiger charge is 2.24. The van der Waals surface area contributed by atoms with E-state index >= 15 is 0 Å². The Labute approximate surface area is 160 Å². The van der Waals surface area contributed by atoms with E-state index in [4.69, 9.17) is 0 Å². The van der Waals surface area contributed by atoms with E-state index in [1.807, 2.05) is 11.3 Å². The van der Waals surface area contributed by atoms with Crippen molar-refractivity contribution in [3.63, 3.8) is 0 Å². The molecule has 4 aromatic rings. The fraction of sp³-hybridized carbons (Fsp3) is 0.182. The second kappa shape index (κ2) is 6.81. The van der Waals surface area contributed by atoms with E-state index < -0.39 is 0 Å². The number of rotatable bonds is 4. The standard InChI is InChI=1S/C22H20BrNS/c1-3-17-11-12-20(25-17)22(15-7-6-8-16(23)13-15)21-14(2)24-19-10-5-4-9-18(19)21/h4-13,22,24H,3H2,1-2H3/t22-/m1/s1. The summed E-state index contributed by atoms with van der Waals surface area (Å²) in [5, 5.41) is 1.32. The van der Waals surface area contributed by atoms with Crippen LogP contribution in [0.4, 0.5) is 0 Å². The lowest BCUT2D eigenvalue weighted by molar-refractivity contribution is 0.993. The van der Waals surface area contributed by atoms with Crippen molar-refractivity contribution >= 4 is 38.2 Å². The zero-order valence-corrected chi connectivity index (χ0v) is 16.7. The Hall–Kier alpha value is -1.84. The van der Waals surface area contributed by atoms with Gasteiger partial charge in [0.05, 0.1) is 0 Å². The number of nitrogens with one attached hydrogen (secondary N) is 1. The average molecular weight is 410 g/mol. The van der Waals surface area contributed by atoms with E-state index in [0.29, 0.717) is 0 Å². The highest BCUT2D eigenvalue weighted by atomic mass is 79.9. The zero-order valence-electron chi connectivity index (χ0n) is 14.3. The molecule has 126 valence electrons. The molecule has 3 heteroatoms. The van der Waals surface area contributed by atoms with Crippen LogP contribution >= 0.6 is 27.3 Å². The van der Waals surface area contributed by atoms with Crippen molar-refractivity contribution in [3.05, 3.63) is 91.7 Å². The Morgan fingerprint density at radius 1 is 1.04 bits per heavy atom. The van der Waals surface area contributed by atoms with Crippen LogP contribution in [0.5, 0.6) is 0 Å². The molecule has 25 heavy (non-hydrogen) atoms. The van der Waals surface area contributed by atoms with Crippen molar-refractivity contribution in [1.82, 2.24) is 4.98 Å². The molecular formula is C22H20BrNS. The highest BCUT2D eigenvalue weighted by Crippen LogP contribution is 2.41. The number of halogens is 1. The first-order valence-electron chi connectivity index (χ1n) is 8.58. The summed E-state index contributed by atoms with van der Waals surface area (Å²) in [6, 6.07) is 21.9. The van der Waals surface area contributed by atoms with Gasteiger partial charge in [0.2, 0.25) is 0 Å². The summed E-state index contributed by atoms with van der Waals surface area (Å²) in [5.74, 6) is 0.249. The van der Waals surface area contributed by atoms with E-state index in [1.54, 1.807) is 0 Å². The summed E-state index contributed by atoms with van der Waals surface area (Å²) in [6.45, 7) is 4.41. The molecule has 0 radical (unpaired) electrons. The van der Waals surface area contributed by atoms with Crippen molar-refractivity contribution in [3.8, 4) is 0 Å². The Balaban J connectivity index is 1.98. The molecule has 2 aromatic heterocycles. The maximum Gasteiger partial charge on any atom is 0.0459 e. The third-order valence-corrected chi connectivity index (χ3v) is 6.52. The first-order chi connectivity index (χ1) is 12.2. The van der Waals surface area contributed by atoms with E-state index in [0.717, 1.165) is 10.9 Å². The minimum Gasteiger partial charge on any atom is -0.358 e. The zero-order chi connectivity index (χ0) is 17.4. The van der Waals surface area contributed by atoms with Crippen LogP contribution in [0.2, 0.25) is 0 Å². The maximum absolute atomic E-state index is 3.65. The van der Waals surface area contributed by atoms with E-state index in [2.05, 4.69) is 95.4 Å². The number of fused-ring (bicyclic) bond motifs is 1. The summed E-state index contributed by atoms with van der Waals surface area (Å²) < 4.78 is 1.12. The second-order valence-electron chi connectivity index (χ2n) is 6.35. The van der Waals surface area contributed by atoms with E-state index in [1.165, 1.54) is 37.5 Å². The minimum absolute atomic E-state index is 0.249. The predicted molar refractivity (Wildman–Crippen MR) is 112 cm³/mol. The largest absolute Gasteiger partial charge is 0.358 e. The fourth-order valence-electron chi connectivity index (χ4n) is 3.57. The van der Waals surface area contributed by atoms with Gasteiger partial charge in [0, 0.05) is 36.7 Å². The number of para-hydroxylation sites is 1. The van der Waals surface area contributed by atoms with Gasteiger partial charge in [-0.05, 0) is 54.8 Å². The molecule has 0 unspecified atom stereocenters. The molecule has 0 spiro atoms. The normalized spacial score (nSPS) is 12.6. The second-order valence-corrected chi connectivity index (χ2v) is 8.47. The average Bonchev–Trinajstić information content (AvgIpc) is 3.21. The number of hydrogen-bond acceptors (Lipinski definition) is 1. The molecule has 4 rings (SSSR count). The lowest BCUT2D eigenvalue weighted by atomic mass is 9.88. The summed E-state index contributed by atoms with van der Waals surface area (Å²) in [5.41, 5.74) is 5.17. The Bertz CT molecular complexity index is 1030. The molecule has 0 fully saturated rings. The van der Waals surface area contributed by atoms with Crippen molar-refractivity contribution < 1.29 is 0 Å². The number of aromatic amines is 1. The van der Waals surface area contributed by atoms with Crippen molar-refractivity contribution in [2.24, 2.45) is 0 Å². The van der Waals surface area contributed by atoms with Gasteiger partial charge in [-0.3, -0.25) is 0 Å². The number of benzene rings is 2. The number of hydrogen-bond donors (Lipinski definition) is 1. The Morgan fingerprint density at radius 3 is 2.64 bits per heavy atom. The van der Waals surface area contributed by atoms with Crippen LogP contribution in [0.1, 0.15) is 39.4 Å². The molecule has 1 N–H and O–H groups in total. The third kappa shape index (κ3) is 3.07. The molecular weight excluding hydrogens is 390 g/mol. The van der Waals surface area contributed by atoms with Gasteiger partial charge in [0.25, 0.3) is 0 Å². The summed E-state index contributed by atoms with van der Waals surface area (Å²) in [7, 11) is 0. The van der Waals surface area contributed by atoms with Crippen molar-refractivity contribution in [1.29, 1.82) is 0 Å². The predicted octanol–water partition coefficient (Wildman–Crippen LogP) is 7.04. The molecule has 0 aliphatic heterocycles. The molecule has 0 aliphatic carbocycles. The molecule has 2 aromatic carbocycles. The molecule has 0 aliphatic rings. The molecule has 1 nitrogen and oxygen atoms in total. The van der Waals surface area contributed by atoms with Crippen LogP contribution in [-0.4, -0.2) is 4.98 Å². The fourth-order valence-corrected chi connectivity index (χ4v) is 5.08. The summed E-state index contributed by atoms with van der Waals surface area (Å²) >= 11 is 5.58. The number of thiophene rings is 1. The quantitative estimate of drug-likeness (QED) is 0.371. The van der Waals surface area contributed by atoms with Crippen LogP contribution < -0.4 is 0 Å². The van der Waals surface area contributed by atoms with Crippen LogP contribution in [0.15, 0.2) is 65.1 Å².